The summed E-state index contributed by atoms with van der Waals surface area (Å²) in [5, 5.41) is 12.3. The Bertz CT molecular complexity index is 433. The van der Waals surface area contributed by atoms with Crippen LogP contribution in [0.2, 0.25) is 0 Å². The molecule has 1 fully saturated rings. The van der Waals surface area contributed by atoms with Gasteiger partial charge in [-0.3, -0.25) is 14.8 Å². The molecule has 2 N–H and O–H groups in total. The van der Waals surface area contributed by atoms with Gasteiger partial charge in [0.25, 0.3) is 5.91 Å². The van der Waals surface area contributed by atoms with Gasteiger partial charge in [0.2, 0.25) is 5.91 Å². The molecule has 2 rings (SSSR count). The zero-order valence-electron chi connectivity index (χ0n) is 9.46. The fraction of sp³-hybridized carbons (Fsp3) is 0.333. The van der Waals surface area contributed by atoms with Crippen LogP contribution in [0.25, 0.3) is 0 Å². The van der Waals surface area contributed by atoms with Gasteiger partial charge in [-0.25, -0.2) is 5.06 Å². The Hall–Kier alpha value is -1.88. The molecule has 5 heteroatoms. The molecule has 1 heterocycles. The van der Waals surface area contributed by atoms with Gasteiger partial charge in [0, 0.05) is 0 Å². The van der Waals surface area contributed by atoms with E-state index >= 15 is 0 Å². The van der Waals surface area contributed by atoms with Crippen LogP contribution in [0.3, 0.4) is 0 Å². The molecule has 0 saturated carbocycles. The highest BCUT2D eigenvalue weighted by molar-refractivity contribution is 5.92. The normalized spacial score (nSPS) is 23.2. The van der Waals surface area contributed by atoms with Crippen LogP contribution in [-0.2, 0) is 16.0 Å². The second-order valence-corrected chi connectivity index (χ2v) is 4.13. The Morgan fingerprint density at radius 2 is 2.06 bits per heavy atom. The lowest BCUT2D eigenvalue weighted by Crippen LogP contribution is -2.68. The first-order valence-corrected chi connectivity index (χ1v) is 5.45. The molecular formula is C12H14N2O3. The summed E-state index contributed by atoms with van der Waals surface area (Å²) in [6.45, 7) is 1.68. The lowest BCUT2D eigenvalue weighted by Gasteiger charge is -2.40. The number of hydrogen-bond acceptors (Lipinski definition) is 3. The number of carbonyl (C=O) groups excluding carboxylic acids is 2. The van der Waals surface area contributed by atoms with Crippen molar-refractivity contribution in [2.45, 2.75) is 25.4 Å². The van der Waals surface area contributed by atoms with Crippen LogP contribution in [-0.4, -0.2) is 34.2 Å². The first-order valence-electron chi connectivity index (χ1n) is 5.45. The Morgan fingerprint density at radius 3 is 2.65 bits per heavy atom. The zero-order chi connectivity index (χ0) is 12.4. The van der Waals surface area contributed by atoms with E-state index in [2.05, 4.69) is 5.32 Å². The number of nitrogens with one attached hydrogen (secondary N) is 1. The van der Waals surface area contributed by atoms with Crippen molar-refractivity contribution >= 4 is 11.8 Å². The summed E-state index contributed by atoms with van der Waals surface area (Å²) in [5.41, 5.74) is 0.894. The second-order valence-electron chi connectivity index (χ2n) is 4.13. The van der Waals surface area contributed by atoms with E-state index in [0.717, 1.165) is 5.56 Å². The van der Waals surface area contributed by atoms with E-state index in [-0.39, 0.29) is 18.4 Å². The highest BCUT2D eigenvalue weighted by Gasteiger charge is 2.44. The third-order valence-electron chi connectivity index (χ3n) is 2.88. The molecule has 17 heavy (non-hydrogen) atoms. The van der Waals surface area contributed by atoms with Gasteiger partial charge in [0.1, 0.15) is 6.04 Å². The molecule has 0 spiro atoms. The molecule has 90 valence electrons. The average molecular weight is 234 g/mol. The van der Waals surface area contributed by atoms with E-state index in [9.17, 15) is 9.59 Å². The fourth-order valence-electron chi connectivity index (χ4n) is 1.80. The molecule has 1 aromatic rings. The number of rotatable bonds is 3. The molecule has 0 radical (unpaired) electrons. The molecule has 0 aromatic heterocycles. The maximum atomic E-state index is 11.6. The minimum absolute atomic E-state index is 0.213. The van der Waals surface area contributed by atoms with Crippen molar-refractivity contribution in [1.82, 2.24) is 10.4 Å². The molecule has 1 aromatic carbocycles. The van der Waals surface area contributed by atoms with Gasteiger partial charge in [0.05, 0.1) is 12.5 Å². The third kappa shape index (κ3) is 2.29. The van der Waals surface area contributed by atoms with Gasteiger partial charge in [-0.2, -0.15) is 0 Å². The van der Waals surface area contributed by atoms with E-state index in [4.69, 9.17) is 5.21 Å². The average Bonchev–Trinajstić information content (AvgIpc) is 2.36. The summed E-state index contributed by atoms with van der Waals surface area (Å²) < 4.78 is 0. The Kier molecular flexibility index (Phi) is 3.10. The van der Waals surface area contributed by atoms with Crippen LogP contribution in [0, 0.1) is 0 Å². The molecule has 0 bridgehead atoms. The number of amides is 2. The van der Waals surface area contributed by atoms with Crippen LogP contribution < -0.4 is 5.32 Å². The summed E-state index contributed by atoms with van der Waals surface area (Å²) in [7, 11) is 0. The Balaban J connectivity index is 1.89. The molecule has 0 unspecified atom stereocenters. The van der Waals surface area contributed by atoms with Crippen LogP contribution in [0.1, 0.15) is 12.5 Å². The number of β-lactam (4-membered cyclic amide) rings is 1. The zero-order valence-corrected chi connectivity index (χ0v) is 9.46. The van der Waals surface area contributed by atoms with Gasteiger partial charge in [0.15, 0.2) is 0 Å². The predicted octanol–water partition coefficient (Wildman–Crippen LogP) is 0.334. The first-order chi connectivity index (χ1) is 8.09. The number of hydrogen-bond donors (Lipinski definition) is 2. The maximum Gasteiger partial charge on any atom is 0.271 e. The largest absolute Gasteiger partial charge is 0.342 e. The van der Waals surface area contributed by atoms with Crippen molar-refractivity contribution in [2.24, 2.45) is 0 Å². The molecule has 2 amide bonds. The first kappa shape index (κ1) is 11.6. The van der Waals surface area contributed by atoms with E-state index in [1.165, 1.54) is 0 Å². The van der Waals surface area contributed by atoms with Gasteiger partial charge >= 0.3 is 0 Å². The highest BCUT2D eigenvalue weighted by atomic mass is 16.5. The van der Waals surface area contributed by atoms with Crippen LogP contribution in [0.15, 0.2) is 30.3 Å². The standard InChI is InChI=1S/C12H14N2O3/c1-8-11(12(16)14(8)17)13-10(15)7-9-5-3-2-4-6-9/h2-6,8,11,17H,7H2,1H3,(H,13,15)/t8-,11-/m0/s1. The lowest BCUT2D eigenvalue weighted by molar-refractivity contribution is -0.207. The van der Waals surface area contributed by atoms with E-state index in [1.54, 1.807) is 6.92 Å². The topological polar surface area (TPSA) is 69.6 Å². The summed E-state index contributed by atoms with van der Waals surface area (Å²) in [5.74, 6) is -0.673. The molecule has 2 atom stereocenters. The smallest absolute Gasteiger partial charge is 0.271 e. The number of carbonyl (C=O) groups is 2. The van der Waals surface area contributed by atoms with Gasteiger partial charge in [-0.05, 0) is 12.5 Å². The molecule has 0 aliphatic carbocycles. The molecular weight excluding hydrogens is 220 g/mol. The van der Waals surface area contributed by atoms with Crippen molar-refractivity contribution in [3.05, 3.63) is 35.9 Å². The molecule has 1 saturated heterocycles. The van der Waals surface area contributed by atoms with Crippen LogP contribution in [0.4, 0.5) is 0 Å². The van der Waals surface area contributed by atoms with Crippen LogP contribution in [0.5, 0.6) is 0 Å². The van der Waals surface area contributed by atoms with Crippen molar-refractivity contribution in [3.63, 3.8) is 0 Å². The van der Waals surface area contributed by atoms with E-state index in [1.807, 2.05) is 30.3 Å². The molecule has 1 aliphatic rings. The predicted molar refractivity (Wildman–Crippen MR) is 60.2 cm³/mol. The van der Waals surface area contributed by atoms with E-state index in [0.29, 0.717) is 5.06 Å². The molecule has 1 aliphatic heterocycles. The Labute approximate surface area is 99.0 Å². The second kappa shape index (κ2) is 4.55. The van der Waals surface area contributed by atoms with Crippen molar-refractivity contribution < 1.29 is 14.8 Å². The number of hydroxylamine groups is 2. The van der Waals surface area contributed by atoms with Gasteiger partial charge < -0.3 is 5.32 Å². The summed E-state index contributed by atoms with van der Waals surface area (Å²) >= 11 is 0. The minimum atomic E-state index is -0.601. The SMILES string of the molecule is C[C@H]1[C@H](NC(=O)Cc2ccccc2)C(=O)N1O. The van der Waals surface area contributed by atoms with E-state index < -0.39 is 11.9 Å². The monoisotopic (exact) mass is 234 g/mol. The maximum absolute atomic E-state index is 11.6. The van der Waals surface area contributed by atoms with Gasteiger partial charge in [-0.1, -0.05) is 30.3 Å². The summed E-state index contributed by atoms with van der Waals surface area (Å²) in [4.78, 5) is 22.9. The number of benzene rings is 1. The minimum Gasteiger partial charge on any atom is -0.342 e. The highest BCUT2D eigenvalue weighted by Crippen LogP contribution is 2.16. The third-order valence-corrected chi connectivity index (χ3v) is 2.88. The van der Waals surface area contributed by atoms with Crippen molar-refractivity contribution in [3.8, 4) is 0 Å². The van der Waals surface area contributed by atoms with Crippen molar-refractivity contribution in [1.29, 1.82) is 0 Å². The molecule has 5 nitrogen and oxygen atoms in total. The summed E-state index contributed by atoms with van der Waals surface area (Å²) in [6.07, 6.45) is 0.239. The number of nitrogens with zero attached hydrogens (tertiary/aromatic N) is 1. The quantitative estimate of drug-likeness (QED) is 0.585. The lowest BCUT2D eigenvalue weighted by atomic mass is 10.00. The Morgan fingerprint density at radius 1 is 1.41 bits per heavy atom. The fourth-order valence-corrected chi connectivity index (χ4v) is 1.80. The summed E-state index contributed by atoms with van der Waals surface area (Å²) in [6, 6.07) is 8.33. The van der Waals surface area contributed by atoms with Crippen LogP contribution >= 0.6 is 0 Å². The van der Waals surface area contributed by atoms with Gasteiger partial charge in [-0.15, -0.1) is 0 Å². The van der Waals surface area contributed by atoms with Crippen molar-refractivity contribution in [2.75, 3.05) is 0 Å².